The second-order valence-electron chi connectivity index (χ2n) is 8.24. The number of benzene rings is 1. The first-order valence-corrected chi connectivity index (χ1v) is 9.17. The van der Waals surface area contributed by atoms with Gasteiger partial charge in [0.2, 0.25) is 0 Å². The smallest absolute Gasteiger partial charge is 0.417 e. The molecule has 2 aromatic rings. The summed E-state index contributed by atoms with van der Waals surface area (Å²) in [5, 5.41) is 0. The minimum absolute atomic E-state index is 0.237. The maximum absolute atomic E-state index is 12.5. The van der Waals surface area contributed by atoms with Crippen molar-refractivity contribution in [1.29, 1.82) is 0 Å². The summed E-state index contributed by atoms with van der Waals surface area (Å²) in [5.74, 6) is -0.00386. The van der Waals surface area contributed by atoms with Gasteiger partial charge in [-0.15, -0.1) is 0 Å². The van der Waals surface area contributed by atoms with Crippen LogP contribution in [0.1, 0.15) is 33.6 Å². The van der Waals surface area contributed by atoms with Gasteiger partial charge in [-0.2, -0.15) is 0 Å². The number of aromatic nitrogens is 1. The van der Waals surface area contributed by atoms with Crippen LogP contribution < -0.4 is 10.7 Å². The van der Waals surface area contributed by atoms with Crippen LogP contribution in [-0.4, -0.2) is 47.3 Å². The van der Waals surface area contributed by atoms with E-state index < -0.39 is 11.4 Å². The van der Waals surface area contributed by atoms with Crippen LogP contribution in [0.5, 0.6) is 0 Å². The zero-order chi connectivity index (χ0) is 18.5. The van der Waals surface area contributed by atoms with Crippen LogP contribution in [0.4, 0.5) is 10.5 Å². The average molecular weight is 359 g/mol. The molecule has 1 N–H and O–H groups in total. The van der Waals surface area contributed by atoms with Crippen molar-refractivity contribution in [3.05, 3.63) is 28.7 Å². The summed E-state index contributed by atoms with van der Waals surface area (Å²) in [5.41, 5.74) is 1.81. The maximum Gasteiger partial charge on any atom is 0.417 e. The van der Waals surface area contributed by atoms with Crippen LogP contribution in [0.2, 0.25) is 0 Å². The number of rotatable bonds is 1. The Balaban J connectivity index is 1.56. The third-order valence-corrected chi connectivity index (χ3v) is 5.17. The van der Waals surface area contributed by atoms with E-state index in [-0.39, 0.29) is 12.1 Å². The predicted molar refractivity (Wildman–Crippen MR) is 98.5 cm³/mol. The number of nitrogens with one attached hydrogen (secondary N) is 1. The number of hydrogen-bond donors (Lipinski definition) is 1. The monoisotopic (exact) mass is 359 g/mol. The number of amides is 1. The summed E-state index contributed by atoms with van der Waals surface area (Å²) in [7, 11) is 0. The van der Waals surface area contributed by atoms with Crippen LogP contribution in [0, 0.1) is 5.92 Å². The number of carbonyl (C=O) groups excluding carboxylic acids is 1. The molecule has 0 spiro atoms. The standard InChI is InChI=1S/C19H25N3O4/c1-19(2,3)26-18(24)21-10-12-5-4-8-22(15(12)11-21)13-6-7-14-16(9-13)25-17(23)20-14/h6-7,9,12,15H,4-5,8,10-11H2,1-3H3,(H,20,23)/t12-,15+/m0/s1. The number of fused-ring (bicyclic) bond motifs is 2. The molecular weight excluding hydrogens is 334 g/mol. The Kier molecular flexibility index (Phi) is 3.97. The first-order valence-electron chi connectivity index (χ1n) is 9.17. The molecule has 4 rings (SSSR count). The van der Waals surface area contributed by atoms with Crippen LogP contribution in [0.25, 0.3) is 11.1 Å². The fourth-order valence-electron chi connectivity index (χ4n) is 4.09. The van der Waals surface area contributed by atoms with E-state index in [1.807, 2.05) is 43.9 Å². The van der Waals surface area contributed by atoms with Crippen molar-refractivity contribution < 1.29 is 13.9 Å². The van der Waals surface area contributed by atoms with E-state index >= 15 is 0 Å². The van der Waals surface area contributed by atoms with Crippen molar-refractivity contribution in [2.75, 3.05) is 24.5 Å². The molecule has 3 heterocycles. The van der Waals surface area contributed by atoms with Gasteiger partial charge in [-0.3, -0.25) is 4.98 Å². The first kappa shape index (κ1) is 17.0. The average Bonchev–Trinajstić information content (AvgIpc) is 3.14. The Labute approximate surface area is 151 Å². The Hall–Kier alpha value is -2.44. The van der Waals surface area contributed by atoms with Crippen molar-refractivity contribution in [3.8, 4) is 0 Å². The van der Waals surface area contributed by atoms with Crippen molar-refractivity contribution in [3.63, 3.8) is 0 Å². The molecule has 2 aliphatic rings. The van der Waals surface area contributed by atoms with Gasteiger partial charge in [-0.25, -0.2) is 9.59 Å². The molecule has 0 saturated carbocycles. The van der Waals surface area contributed by atoms with Crippen molar-refractivity contribution in [2.45, 2.75) is 45.3 Å². The second-order valence-corrected chi connectivity index (χ2v) is 8.24. The molecular formula is C19H25N3O4. The van der Waals surface area contributed by atoms with Crippen molar-refractivity contribution in [1.82, 2.24) is 9.88 Å². The number of oxazole rings is 1. The van der Waals surface area contributed by atoms with E-state index in [4.69, 9.17) is 9.15 Å². The van der Waals surface area contributed by atoms with E-state index in [9.17, 15) is 9.59 Å². The lowest BCUT2D eigenvalue weighted by Crippen LogP contribution is -2.45. The van der Waals surface area contributed by atoms with E-state index in [0.717, 1.165) is 31.6 Å². The highest BCUT2D eigenvalue weighted by Gasteiger charge is 2.42. The lowest BCUT2D eigenvalue weighted by atomic mass is 9.91. The molecule has 2 saturated heterocycles. The number of aromatic amines is 1. The minimum atomic E-state index is -0.485. The Morgan fingerprint density at radius 1 is 1.31 bits per heavy atom. The van der Waals surface area contributed by atoms with Gasteiger partial charge in [0.25, 0.3) is 0 Å². The molecule has 0 aliphatic carbocycles. The number of nitrogens with zero attached hydrogens (tertiary/aromatic N) is 2. The molecule has 7 nitrogen and oxygen atoms in total. The second kappa shape index (κ2) is 6.07. The van der Waals surface area contributed by atoms with Gasteiger partial charge in [0.05, 0.1) is 11.6 Å². The van der Waals surface area contributed by atoms with Crippen LogP contribution in [0.3, 0.4) is 0 Å². The molecule has 7 heteroatoms. The third-order valence-electron chi connectivity index (χ3n) is 5.17. The number of likely N-dealkylation sites (tertiary alicyclic amines) is 1. The molecule has 26 heavy (non-hydrogen) atoms. The molecule has 0 bridgehead atoms. The van der Waals surface area contributed by atoms with Gasteiger partial charge in [0.1, 0.15) is 5.60 Å². The van der Waals surface area contributed by atoms with Crippen LogP contribution >= 0.6 is 0 Å². The molecule has 1 aromatic heterocycles. The topological polar surface area (TPSA) is 78.8 Å². The van der Waals surface area contributed by atoms with Gasteiger partial charge in [0.15, 0.2) is 5.58 Å². The number of piperidine rings is 1. The summed E-state index contributed by atoms with van der Waals surface area (Å²) >= 11 is 0. The van der Waals surface area contributed by atoms with Gasteiger partial charge < -0.3 is 19.0 Å². The summed E-state index contributed by atoms with van der Waals surface area (Å²) < 4.78 is 10.7. The third kappa shape index (κ3) is 3.18. The SMILES string of the molecule is CC(C)(C)OC(=O)N1C[C@@H]2CCCN(c3ccc4[nH]c(=O)oc4c3)[C@@H]2C1. The molecule has 2 fully saturated rings. The Morgan fingerprint density at radius 3 is 2.88 bits per heavy atom. The normalized spacial score (nSPS) is 23.3. The molecule has 2 atom stereocenters. The van der Waals surface area contributed by atoms with E-state index in [1.54, 1.807) is 0 Å². The number of H-pyrrole nitrogens is 1. The summed E-state index contributed by atoms with van der Waals surface area (Å²) in [6.07, 6.45) is 1.96. The molecule has 140 valence electrons. The number of carbonyl (C=O) groups is 1. The highest BCUT2D eigenvalue weighted by Crippen LogP contribution is 2.35. The fourth-order valence-corrected chi connectivity index (χ4v) is 4.09. The quantitative estimate of drug-likeness (QED) is 0.847. The van der Waals surface area contributed by atoms with Crippen molar-refractivity contribution >= 4 is 22.9 Å². The van der Waals surface area contributed by atoms with Gasteiger partial charge >= 0.3 is 11.8 Å². The van der Waals surface area contributed by atoms with E-state index in [0.29, 0.717) is 23.6 Å². The molecule has 1 amide bonds. The number of ether oxygens (including phenoxy) is 1. The zero-order valence-electron chi connectivity index (χ0n) is 15.4. The summed E-state index contributed by atoms with van der Waals surface area (Å²) in [6, 6.07) is 6.05. The number of hydrogen-bond acceptors (Lipinski definition) is 5. The first-order chi connectivity index (χ1) is 12.3. The zero-order valence-corrected chi connectivity index (χ0v) is 15.4. The highest BCUT2D eigenvalue weighted by molar-refractivity contribution is 5.77. The number of anilines is 1. The van der Waals surface area contributed by atoms with Gasteiger partial charge in [0, 0.05) is 31.4 Å². The maximum atomic E-state index is 12.5. The Morgan fingerprint density at radius 2 is 2.12 bits per heavy atom. The van der Waals surface area contributed by atoms with Crippen molar-refractivity contribution in [2.24, 2.45) is 5.92 Å². The lowest BCUT2D eigenvalue weighted by Gasteiger charge is -2.38. The largest absolute Gasteiger partial charge is 0.444 e. The van der Waals surface area contributed by atoms with Crippen LogP contribution in [-0.2, 0) is 4.74 Å². The summed E-state index contributed by atoms with van der Waals surface area (Å²) in [6.45, 7) is 8.00. The van der Waals surface area contributed by atoms with Crippen LogP contribution in [0.15, 0.2) is 27.4 Å². The fraction of sp³-hybridized carbons (Fsp3) is 0.579. The highest BCUT2D eigenvalue weighted by atomic mass is 16.6. The predicted octanol–water partition coefficient (Wildman–Crippen LogP) is 2.96. The molecule has 1 aromatic carbocycles. The van der Waals surface area contributed by atoms with Gasteiger partial charge in [-0.05, 0) is 51.7 Å². The Bertz CT molecular complexity index is 879. The van der Waals surface area contributed by atoms with E-state index in [2.05, 4.69) is 9.88 Å². The summed E-state index contributed by atoms with van der Waals surface area (Å²) in [4.78, 5) is 30.7. The van der Waals surface area contributed by atoms with Gasteiger partial charge in [-0.1, -0.05) is 0 Å². The molecule has 2 aliphatic heterocycles. The minimum Gasteiger partial charge on any atom is -0.444 e. The lowest BCUT2D eigenvalue weighted by molar-refractivity contribution is 0.0287. The molecule has 0 unspecified atom stereocenters. The molecule has 0 radical (unpaired) electrons. The van der Waals surface area contributed by atoms with E-state index in [1.165, 1.54) is 0 Å².